The van der Waals surface area contributed by atoms with Crippen molar-refractivity contribution in [3.8, 4) is 0 Å². The van der Waals surface area contributed by atoms with Gasteiger partial charge in [-0.25, -0.2) is 4.79 Å². The molecule has 0 saturated carbocycles. The number of carboxylic acid groups (broad SMARTS) is 1. The maximum absolute atomic E-state index is 11.8. The van der Waals surface area contributed by atoms with Crippen LogP contribution >= 0.6 is 0 Å². The van der Waals surface area contributed by atoms with Gasteiger partial charge in [-0.05, 0) is 12.5 Å². The summed E-state index contributed by atoms with van der Waals surface area (Å²) < 4.78 is 5.75. The first-order valence-electron chi connectivity index (χ1n) is 5.54. The van der Waals surface area contributed by atoms with E-state index in [1.54, 1.807) is 7.05 Å². The molecule has 0 spiro atoms. The second-order valence-corrected chi connectivity index (χ2v) is 3.82. The van der Waals surface area contributed by atoms with Crippen LogP contribution in [0.15, 0.2) is 12.3 Å². The van der Waals surface area contributed by atoms with Crippen molar-refractivity contribution < 1.29 is 24.2 Å². The van der Waals surface area contributed by atoms with E-state index >= 15 is 0 Å². The summed E-state index contributed by atoms with van der Waals surface area (Å²) in [6.45, 7) is 0. The molecule has 0 saturated heterocycles. The smallest absolute Gasteiger partial charge is 0.326 e. The van der Waals surface area contributed by atoms with Crippen LogP contribution in [0.1, 0.15) is 23.3 Å². The highest BCUT2D eigenvalue weighted by Crippen LogP contribution is 2.03. The highest BCUT2D eigenvalue weighted by Gasteiger charge is 2.22. The average molecular weight is 269 g/mol. The molecule has 0 aliphatic heterocycles. The molecular weight excluding hydrogens is 254 g/mol. The third-order valence-corrected chi connectivity index (χ3v) is 2.52. The molecule has 1 aromatic heterocycles. The number of rotatable bonds is 6. The van der Waals surface area contributed by atoms with E-state index in [0.717, 1.165) is 0 Å². The number of esters is 1. The van der Waals surface area contributed by atoms with Crippen molar-refractivity contribution in [2.24, 2.45) is 7.05 Å². The van der Waals surface area contributed by atoms with Gasteiger partial charge in [0.1, 0.15) is 11.7 Å². The van der Waals surface area contributed by atoms with E-state index in [0.29, 0.717) is 0 Å². The molecule has 104 valence electrons. The number of carbonyl (C=O) groups is 3. The summed E-state index contributed by atoms with van der Waals surface area (Å²) in [5, 5.41) is 15.1. The summed E-state index contributed by atoms with van der Waals surface area (Å²) in [5.74, 6) is -2.29. The summed E-state index contributed by atoms with van der Waals surface area (Å²) in [5.41, 5.74) is 0.240. The minimum Gasteiger partial charge on any atom is -0.480 e. The van der Waals surface area contributed by atoms with Crippen LogP contribution < -0.4 is 5.32 Å². The zero-order valence-corrected chi connectivity index (χ0v) is 10.6. The lowest BCUT2D eigenvalue weighted by atomic mass is 10.1. The molecule has 8 nitrogen and oxygen atoms in total. The molecule has 1 heterocycles. The van der Waals surface area contributed by atoms with E-state index in [-0.39, 0.29) is 18.5 Å². The van der Waals surface area contributed by atoms with Gasteiger partial charge in [0.05, 0.1) is 7.11 Å². The Balaban J connectivity index is 2.64. The molecule has 0 radical (unpaired) electrons. The van der Waals surface area contributed by atoms with Gasteiger partial charge in [0.2, 0.25) is 0 Å². The first-order chi connectivity index (χ1) is 8.95. The number of carboxylic acids is 1. The standard InChI is InChI=1S/C11H15N3O5/c1-14-8(5-6-12-14)10(16)13-7(11(17)18)3-4-9(15)19-2/h5-7H,3-4H2,1-2H3,(H,13,16)(H,17,18)/t7-/m1/s1. The van der Waals surface area contributed by atoms with Gasteiger partial charge in [-0.3, -0.25) is 14.3 Å². The number of hydrogen-bond donors (Lipinski definition) is 2. The number of methoxy groups -OCH3 is 1. The monoisotopic (exact) mass is 269 g/mol. The molecule has 0 aliphatic carbocycles. The zero-order chi connectivity index (χ0) is 14.4. The van der Waals surface area contributed by atoms with Crippen molar-refractivity contribution in [2.45, 2.75) is 18.9 Å². The number of aliphatic carboxylic acids is 1. The van der Waals surface area contributed by atoms with E-state index in [9.17, 15) is 14.4 Å². The van der Waals surface area contributed by atoms with E-state index < -0.39 is 23.9 Å². The normalized spacial score (nSPS) is 11.7. The number of nitrogens with zero attached hydrogens (tertiary/aromatic N) is 2. The topological polar surface area (TPSA) is 111 Å². The van der Waals surface area contributed by atoms with Crippen molar-refractivity contribution in [1.82, 2.24) is 15.1 Å². The van der Waals surface area contributed by atoms with E-state index in [4.69, 9.17) is 5.11 Å². The van der Waals surface area contributed by atoms with Crippen LogP contribution in [0.5, 0.6) is 0 Å². The van der Waals surface area contributed by atoms with Crippen molar-refractivity contribution >= 4 is 17.8 Å². The summed E-state index contributed by atoms with van der Waals surface area (Å²) >= 11 is 0. The van der Waals surface area contributed by atoms with Gasteiger partial charge >= 0.3 is 11.9 Å². The molecule has 2 N–H and O–H groups in total. The summed E-state index contributed by atoms with van der Waals surface area (Å²) in [6.07, 6.45) is 1.31. The Kier molecular flexibility index (Phi) is 5.04. The SMILES string of the molecule is COC(=O)CC[C@@H](NC(=O)c1ccnn1C)C(=O)O. The van der Waals surface area contributed by atoms with Crippen molar-refractivity contribution in [2.75, 3.05) is 7.11 Å². The Bertz CT molecular complexity index is 482. The number of carbonyl (C=O) groups excluding carboxylic acids is 2. The van der Waals surface area contributed by atoms with Crippen LogP contribution in [0.25, 0.3) is 0 Å². The molecule has 1 amide bonds. The van der Waals surface area contributed by atoms with Gasteiger partial charge in [-0.15, -0.1) is 0 Å². The average Bonchev–Trinajstić information content (AvgIpc) is 2.79. The third-order valence-electron chi connectivity index (χ3n) is 2.52. The second kappa shape index (κ2) is 6.53. The Hall–Kier alpha value is -2.38. The fraction of sp³-hybridized carbons (Fsp3) is 0.455. The Morgan fingerprint density at radius 2 is 2.21 bits per heavy atom. The Labute approximate surface area is 109 Å². The van der Waals surface area contributed by atoms with Gasteiger partial charge in [0.25, 0.3) is 5.91 Å². The minimum atomic E-state index is -1.21. The Morgan fingerprint density at radius 1 is 1.53 bits per heavy atom. The zero-order valence-electron chi connectivity index (χ0n) is 10.6. The lowest BCUT2D eigenvalue weighted by Gasteiger charge is -2.13. The lowest BCUT2D eigenvalue weighted by molar-refractivity contribution is -0.142. The van der Waals surface area contributed by atoms with Gasteiger partial charge in [-0.1, -0.05) is 0 Å². The molecule has 8 heteroatoms. The number of aromatic nitrogens is 2. The quantitative estimate of drug-likeness (QED) is 0.677. The van der Waals surface area contributed by atoms with Gasteiger partial charge < -0.3 is 15.2 Å². The van der Waals surface area contributed by atoms with E-state index in [1.807, 2.05) is 0 Å². The molecule has 1 rings (SSSR count). The van der Waals surface area contributed by atoms with Crippen LogP contribution in [0, 0.1) is 0 Å². The number of hydrogen-bond acceptors (Lipinski definition) is 5. The molecule has 0 aromatic carbocycles. The maximum Gasteiger partial charge on any atom is 0.326 e. The largest absolute Gasteiger partial charge is 0.480 e. The minimum absolute atomic E-state index is 0.0361. The fourth-order valence-corrected chi connectivity index (χ4v) is 1.45. The summed E-state index contributed by atoms with van der Waals surface area (Å²) in [7, 11) is 2.78. The maximum atomic E-state index is 11.8. The predicted molar refractivity (Wildman–Crippen MR) is 63.3 cm³/mol. The first-order valence-corrected chi connectivity index (χ1v) is 5.54. The van der Waals surface area contributed by atoms with Crippen LogP contribution in [0.3, 0.4) is 0 Å². The van der Waals surface area contributed by atoms with Crippen LogP contribution in [0.4, 0.5) is 0 Å². The molecule has 0 bridgehead atoms. The number of ether oxygens (including phenoxy) is 1. The summed E-state index contributed by atoms with van der Waals surface area (Å²) in [6, 6.07) is 0.315. The van der Waals surface area contributed by atoms with Gasteiger partial charge in [0, 0.05) is 19.7 Å². The lowest BCUT2D eigenvalue weighted by Crippen LogP contribution is -2.41. The van der Waals surface area contributed by atoms with Crippen molar-refractivity contribution in [3.63, 3.8) is 0 Å². The second-order valence-electron chi connectivity index (χ2n) is 3.82. The van der Waals surface area contributed by atoms with Crippen LogP contribution in [-0.2, 0) is 21.4 Å². The Morgan fingerprint density at radius 3 is 2.68 bits per heavy atom. The molecule has 0 aliphatic rings. The molecule has 1 aromatic rings. The first kappa shape index (κ1) is 14.7. The number of amides is 1. The third kappa shape index (κ3) is 4.09. The van der Waals surface area contributed by atoms with Gasteiger partial charge in [-0.2, -0.15) is 5.10 Å². The highest BCUT2D eigenvalue weighted by molar-refractivity contribution is 5.95. The van der Waals surface area contributed by atoms with E-state index in [2.05, 4.69) is 15.2 Å². The molecular formula is C11H15N3O5. The fourth-order valence-electron chi connectivity index (χ4n) is 1.45. The van der Waals surface area contributed by atoms with E-state index in [1.165, 1.54) is 24.1 Å². The van der Waals surface area contributed by atoms with Crippen LogP contribution in [-0.4, -0.2) is 45.9 Å². The van der Waals surface area contributed by atoms with Gasteiger partial charge in [0.15, 0.2) is 0 Å². The highest BCUT2D eigenvalue weighted by atomic mass is 16.5. The molecule has 1 atom stereocenters. The number of nitrogens with one attached hydrogen (secondary N) is 1. The number of aryl methyl sites for hydroxylation is 1. The van der Waals surface area contributed by atoms with Crippen molar-refractivity contribution in [1.29, 1.82) is 0 Å². The molecule has 19 heavy (non-hydrogen) atoms. The predicted octanol–water partition coefficient (Wildman–Crippen LogP) is -0.444. The summed E-state index contributed by atoms with van der Waals surface area (Å²) in [4.78, 5) is 33.8. The molecule has 0 unspecified atom stereocenters. The van der Waals surface area contributed by atoms with Crippen LogP contribution in [0.2, 0.25) is 0 Å². The molecule has 0 fully saturated rings. The van der Waals surface area contributed by atoms with Crippen molar-refractivity contribution in [3.05, 3.63) is 18.0 Å².